The van der Waals surface area contributed by atoms with Crippen molar-refractivity contribution in [3.8, 4) is 0 Å². The van der Waals surface area contributed by atoms with Gasteiger partial charge in [0.2, 0.25) is 5.91 Å². The smallest absolute Gasteiger partial charge is 0.236 e. The first kappa shape index (κ1) is 18.1. The molecule has 2 aromatic carbocycles. The average Bonchev–Trinajstić information content (AvgIpc) is 3.22. The van der Waals surface area contributed by atoms with E-state index in [0.29, 0.717) is 27.5 Å². The number of carbonyl (C=O) groups excluding carboxylic acids is 1. The summed E-state index contributed by atoms with van der Waals surface area (Å²) in [5.41, 5.74) is 2.99. The molecule has 4 rings (SSSR count). The monoisotopic (exact) mass is 416 g/mol. The number of hydrogen-bond acceptors (Lipinski definition) is 4. The standard InChI is InChI=1S/C19H14Cl2N4OS/c20-14-6-5-12(16(21)7-14)9-25-10-13(15-3-1-2-4-17(15)25)8-22-24-19-23-18(26)11-27-19/h1-8,10H,9,11H2,(H,23,24,26). The molecule has 1 aliphatic heterocycles. The second-order valence-electron chi connectivity index (χ2n) is 5.95. The van der Waals surface area contributed by atoms with E-state index in [1.165, 1.54) is 11.8 Å². The first-order valence-corrected chi connectivity index (χ1v) is 9.90. The van der Waals surface area contributed by atoms with E-state index in [-0.39, 0.29) is 5.91 Å². The highest BCUT2D eigenvalue weighted by Crippen LogP contribution is 2.25. The van der Waals surface area contributed by atoms with Crippen molar-refractivity contribution in [1.29, 1.82) is 0 Å². The second-order valence-corrected chi connectivity index (χ2v) is 7.76. The number of carbonyl (C=O) groups is 1. The number of amides is 1. The van der Waals surface area contributed by atoms with Gasteiger partial charge in [-0.3, -0.25) is 4.79 Å². The van der Waals surface area contributed by atoms with Crippen molar-refractivity contribution in [1.82, 2.24) is 9.88 Å². The van der Waals surface area contributed by atoms with Gasteiger partial charge < -0.3 is 9.88 Å². The Balaban J connectivity index is 1.65. The Morgan fingerprint density at radius 1 is 1.22 bits per heavy atom. The molecule has 1 fully saturated rings. The maximum atomic E-state index is 11.2. The third-order valence-electron chi connectivity index (χ3n) is 4.11. The Bertz CT molecular complexity index is 1090. The van der Waals surface area contributed by atoms with Crippen LogP contribution in [0.1, 0.15) is 11.1 Å². The van der Waals surface area contributed by atoms with E-state index in [9.17, 15) is 4.79 Å². The van der Waals surface area contributed by atoms with E-state index < -0.39 is 0 Å². The average molecular weight is 417 g/mol. The summed E-state index contributed by atoms with van der Waals surface area (Å²) >= 11 is 13.7. The number of thioether (sulfide) groups is 1. The lowest BCUT2D eigenvalue weighted by Gasteiger charge is -2.08. The van der Waals surface area contributed by atoms with E-state index in [1.54, 1.807) is 12.3 Å². The zero-order chi connectivity index (χ0) is 18.8. The van der Waals surface area contributed by atoms with Crippen LogP contribution in [0.5, 0.6) is 0 Å². The number of nitrogens with zero attached hydrogens (tertiary/aromatic N) is 3. The minimum absolute atomic E-state index is 0.0506. The first-order valence-electron chi connectivity index (χ1n) is 8.15. The van der Waals surface area contributed by atoms with Crippen molar-refractivity contribution < 1.29 is 4.79 Å². The molecule has 5 nitrogen and oxygen atoms in total. The van der Waals surface area contributed by atoms with Gasteiger partial charge in [-0.25, -0.2) is 0 Å². The molecule has 1 amide bonds. The molecular formula is C19H14Cl2N4OS. The molecule has 0 bridgehead atoms. The fraction of sp³-hybridized carbons (Fsp3) is 0.105. The number of amidine groups is 1. The Hall–Kier alpha value is -2.28. The number of para-hydroxylation sites is 1. The van der Waals surface area contributed by atoms with Crippen molar-refractivity contribution in [2.45, 2.75) is 6.54 Å². The molecular weight excluding hydrogens is 403 g/mol. The Morgan fingerprint density at radius 2 is 2.07 bits per heavy atom. The lowest BCUT2D eigenvalue weighted by Crippen LogP contribution is -2.19. The number of benzene rings is 2. The van der Waals surface area contributed by atoms with Gasteiger partial charge >= 0.3 is 0 Å². The molecule has 0 saturated carbocycles. The summed E-state index contributed by atoms with van der Waals surface area (Å²) in [6.07, 6.45) is 3.71. The van der Waals surface area contributed by atoms with Crippen molar-refractivity contribution in [3.05, 3.63) is 69.8 Å². The van der Waals surface area contributed by atoms with Crippen LogP contribution in [0.15, 0.2) is 58.9 Å². The van der Waals surface area contributed by atoms with Gasteiger partial charge in [0.25, 0.3) is 0 Å². The number of nitrogens with one attached hydrogen (secondary N) is 1. The van der Waals surface area contributed by atoms with Crippen LogP contribution in [0.3, 0.4) is 0 Å². The summed E-state index contributed by atoms with van der Waals surface area (Å²) in [4.78, 5) is 11.2. The Morgan fingerprint density at radius 3 is 2.85 bits per heavy atom. The third kappa shape index (κ3) is 4.03. The number of aromatic nitrogens is 1. The maximum absolute atomic E-state index is 11.2. The normalized spacial score (nSPS) is 15.9. The summed E-state index contributed by atoms with van der Waals surface area (Å²) in [6.45, 7) is 0.616. The van der Waals surface area contributed by atoms with E-state index in [2.05, 4.69) is 26.2 Å². The van der Waals surface area contributed by atoms with Gasteiger partial charge in [-0.2, -0.15) is 5.10 Å². The molecule has 8 heteroatoms. The van der Waals surface area contributed by atoms with Gasteiger partial charge in [0.1, 0.15) is 0 Å². The highest BCUT2D eigenvalue weighted by atomic mass is 35.5. The molecule has 1 N–H and O–H groups in total. The molecule has 0 unspecified atom stereocenters. The lowest BCUT2D eigenvalue weighted by molar-refractivity contribution is -0.116. The quantitative estimate of drug-likeness (QED) is 0.500. The van der Waals surface area contributed by atoms with Crippen LogP contribution in [0.25, 0.3) is 10.9 Å². The number of fused-ring (bicyclic) bond motifs is 1. The molecule has 0 spiro atoms. The van der Waals surface area contributed by atoms with E-state index in [4.69, 9.17) is 23.2 Å². The zero-order valence-electron chi connectivity index (χ0n) is 14.0. The predicted molar refractivity (Wildman–Crippen MR) is 113 cm³/mol. The van der Waals surface area contributed by atoms with Crippen molar-refractivity contribution in [2.75, 3.05) is 5.75 Å². The summed E-state index contributed by atoms with van der Waals surface area (Å²) in [5.74, 6) is 0.334. The van der Waals surface area contributed by atoms with Crippen molar-refractivity contribution >= 4 is 63.2 Å². The van der Waals surface area contributed by atoms with Gasteiger partial charge in [-0.05, 0) is 23.8 Å². The van der Waals surface area contributed by atoms with E-state index >= 15 is 0 Å². The maximum Gasteiger partial charge on any atom is 0.236 e. The van der Waals surface area contributed by atoms with Gasteiger partial charge in [0, 0.05) is 39.3 Å². The molecule has 1 aromatic heterocycles. The molecule has 2 heterocycles. The SMILES string of the molecule is O=C1CS/C(=N/N=Cc2cn(Cc3ccc(Cl)cc3Cl)c3ccccc23)N1. The number of hydrogen-bond donors (Lipinski definition) is 1. The van der Waals surface area contributed by atoms with Crippen molar-refractivity contribution in [3.63, 3.8) is 0 Å². The van der Waals surface area contributed by atoms with Gasteiger partial charge in [-0.1, -0.05) is 59.2 Å². The Kier molecular flexibility index (Phi) is 5.20. The topological polar surface area (TPSA) is 58.8 Å². The second kappa shape index (κ2) is 7.76. The summed E-state index contributed by atoms with van der Waals surface area (Å²) in [7, 11) is 0. The highest BCUT2D eigenvalue weighted by molar-refractivity contribution is 8.15. The van der Waals surface area contributed by atoms with Crippen LogP contribution in [-0.4, -0.2) is 27.6 Å². The molecule has 136 valence electrons. The molecule has 0 radical (unpaired) electrons. The molecule has 0 atom stereocenters. The molecule has 1 aliphatic rings. The molecule has 27 heavy (non-hydrogen) atoms. The molecule has 3 aromatic rings. The highest BCUT2D eigenvalue weighted by Gasteiger charge is 2.16. The Labute approximate surface area is 170 Å². The van der Waals surface area contributed by atoms with Crippen LogP contribution in [0.4, 0.5) is 0 Å². The van der Waals surface area contributed by atoms with Crippen LogP contribution in [0, 0.1) is 0 Å². The summed E-state index contributed by atoms with van der Waals surface area (Å²) in [6, 6.07) is 13.6. The number of rotatable bonds is 4. The fourth-order valence-corrected chi connectivity index (χ4v) is 3.96. The summed E-state index contributed by atoms with van der Waals surface area (Å²) < 4.78 is 2.12. The van der Waals surface area contributed by atoms with Gasteiger partial charge in [0.05, 0.1) is 12.0 Å². The fourth-order valence-electron chi connectivity index (χ4n) is 2.87. The minimum Gasteiger partial charge on any atom is -0.342 e. The predicted octanol–water partition coefficient (Wildman–Crippen LogP) is 4.55. The van der Waals surface area contributed by atoms with Crippen LogP contribution in [0.2, 0.25) is 10.0 Å². The molecule has 0 aliphatic carbocycles. The summed E-state index contributed by atoms with van der Waals surface area (Å²) in [5, 5.41) is 13.7. The van der Waals surface area contributed by atoms with Crippen LogP contribution >= 0.6 is 35.0 Å². The van der Waals surface area contributed by atoms with Gasteiger partial charge in [-0.15, -0.1) is 5.10 Å². The van der Waals surface area contributed by atoms with Crippen LogP contribution < -0.4 is 5.32 Å². The largest absolute Gasteiger partial charge is 0.342 e. The van der Waals surface area contributed by atoms with Crippen molar-refractivity contribution in [2.24, 2.45) is 10.2 Å². The minimum atomic E-state index is -0.0506. The van der Waals surface area contributed by atoms with Crippen LogP contribution in [-0.2, 0) is 11.3 Å². The number of halogens is 2. The third-order valence-corrected chi connectivity index (χ3v) is 5.56. The molecule has 1 saturated heterocycles. The van der Waals surface area contributed by atoms with Gasteiger partial charge in [0.15, 0.2) is 5.17 Å². The first-order chi connectivity index (χ1) is 13.1. The van der Waals surface area contributed by atoms with E-state index in [1.807, 2.05) is 36.5 Å². The zero-order valence-corrected chi connectivity index (χ0v) is 16.4. The lowest BCUT2D eigenvalue weighted by atomic mass is 10.2. The van der Waals surface area contributed by atoms with E-state index in [0.717, 1.165) is 22.0 Å².